The van der Waals surface area contributed by atoms with Crippen LogP contribution in [0, 0.1) is 0 Å². The van der Waals surface area contributed by atoms with Crippen molar-refractivity contribution in [2.75, 3.05) is 33.7 Å². The van der Waals surface area contributed by atoms with E-state index in [0.717, 1.165) is 63.7 Å². The van der Waals surface area contributed by atoms with Crippen LogP contribution in [0.2, 0.25) is 0 Å². The quantitative estimate of drug-likeness (QED) is 0.799. The molecule has 1 spiro atoms. The number of carbonyl (C=O) groups excluding carboxylic acids is 1. The molecule has 0 aromatic carbocycles. The summed E-state index contributed by atoms with van der Waals surface area (Å²) in [6, 6.07) is 0. The number of allylic oxidation sites excluding steroid dienone is 1. The molecule has 2 saturated heterocycles. The number of nitrogens with zero attached hydrogens (tertiary/aromatic N) is 2. The largest absolute Gasteiger partial charge is 0.369 e. The SMILES string of the molecule is CN(C)C[C@@H]1CCC[C@@]2(CCN(C(=O)C3=CCCC3)C2)O1. The van der Waals surface area contributed by atoms with Crippen molar-refractivity contribution in [3.63, 3.8) is 0 Å². The Hall–Kier alpha value is -0.870. The van der Waals surface area contributed by atoms with Crippen molar-refractivity contribution >= 4 is 5.91 Å². The lowest BCUT2D eigenvalue weighted by atomic mass is 9.90. The predicted molar refractivity (Wildman–Crippen MR) is 83.1 cm³/mol. The normalized spacial score (nSPS) is 33.0. The van der Waals surface area contributed by atoms with Crippen LogP contribution >= 0.6 is 0 Å². The number of hydrogen-bond acceptors (Lipinski definition) is 3. The third-order valence-corrected chi connectivity index (χ3v) is 5.06. The molecule has 0 unspecified atom stereocenters. The molecule has 1 amide bonds. The van der Waals surface area contributed by atoms with Crippen LogP contribution in [0.4, 0.5) is 0 Å². The van der Waals surface area contributed by atoms with Gasteiger partial charge in [-0.15, -0.1) is 0 Å². The summed E-state index contributed by atoms with van der Waals surface area (Å²) in [6.45, 7) is 2.65. The second-order valence-corrected chi connectivity index (χ2v) is 7.18. The highest BCUT2D eigenvalue weighted by Gasteiger charge is 2.44. The number of ether oxygens (including phenoxy) is 1. The van der Waals surface area contributed by atoms with Crippen molar-refractivity contribution < 1.29 is 9.53 Å². The molecule has 3 rings (SSSR count). The summed E-state index contributed by atoms with van der Waals surface area (Å²) in [5.74, 6) is 0.266. The van der Waals surface area contributed by atoms with Gasteiger partial charge in [0.25, 0.3) is 0 Å². The smallest absolute Gasteiger partial charge is 0.249 e. The summed E-state index contributed by atoms with van der Waals surface area (Å²) in [4.78, 5) is 16.8. The number of rotatable bonds is 3. The van der Waals surface area contributed by atoms with E-state index in [0.29, 0.717) is 6.10 Å². The molecule has 0 aromatic heterocycles. The maximum Gasteiger partial charge on any atom is 0.249 e. The third-order valence-electron chi connectivity index (χ3n) is 5.06. The molecule has 0 radical (unpaired) electrons. The molecule has 0 aromatic rings. The zero-order chi connectivity index (χ0) is 14.9. The van der Waals surface area contributed by atoms with Crippen molar-refractivity contribution in [1.82, 2.24) is 9.80 Å². The first-order valence-corrected chi connectivity index (χ1v) is 8.39. The average molecular weight is 292 g/mol. The zero-order valence-corrected chi connectivity index (χ0v) is 13.4. The van der Waals surface area contributed by atoms with Crippen LogP contribution in [-0.2, 0) is 9.53 Å². The fraction of sp³-hybridized carbons (Fsp3) is 0.824. The molecule has 3 aliphatic rings. The van der Waals surface area contributed by atoms with Gasteiger partial charge in [-0.2, -0.15) is 0 Å². The molecule has 1 aliphatic carbocycles. The molecule has 4 heteroatoms. The van der Waals surface area contributed by atoms with Crippen LogP contribution in [0.5, 0.6) is 0 Å². The molecule has 4 nitrogen and oxygen atoms in total. The second-order valence-electron chi connectivity index (χ2n) is 7.18. The lowest BCUT2D eigenvalue weighted by molar-refractivity contribution is -0.137. The highest BCUT2D eigenvalue weighted by molar-refractivity contribution is 5.94. The van der Waals surface area contributed by atoms with Crippen molar-refractivity contribution in [1.29, 1.82) is 0 Å². The minimum Gasteiger partial charge on any atom is -0.369 e. The van der Waals surface area contributed by atoms with Crippen LogP contribution in [0.1, 0.15) is 44.9 Å². The molecule has 0 saturated carbocycles. The highest BCUT2D eigenvalue weighted by atomic mass is 16.5. The van der Waals surface area contributed by atoms with Crippen molar-refractivity contribution in [3.05, 3.63) is 11.6 Å². The van der Waals surface area contributed by atoms with E-state index in [1.165, 1.54) is 6.42 Å². The van der Waals surface area contributed by atoms with Gasteiger partial charge < -0.3 is 14.5 Å². The summed E-state index contributed by atoms with van der Waals surface area (Å²) >= 11 is 0. The van der Waals surface area contributed by atoms with Gasteiger partial charge in [-0.3, -0.25) is 4.79 Å². The van der Waals surface area contributed by atoms with Crippen LogP contribution in [0.15, 0.2) is 11.6 Å². The lowest BCUT2D eigenvalue weighted by Gasteiger charge is -2.39. The van der Waals surface area contributed by atoms with Gasteiger partial charge >= 0.3 is 0 Å². The Morgan fingerprint density at radius 1 is 1.43 bits per heavy atom. The van der Waals surface area contributed by atoms with Crippen LogP contribution < -0.4 is 0 Å². The van der Waals surface area contributed by atoms with Crippen LogP contribution in [0.3, 0.4) is 0 Å². The molecule has 0 bridgehead atoms. The second kappa shape index (κ2) is 6.09. The number of carbonyl (C=O) groups is 1. The van der Waals surface area contributed by atoms with Gasteiger partial charge in [-0.05, 0) is 59.0 Å². The molecule has 21 heavy (non-hydrogen) atoms. The molecule has 2 fully saturated rings. The molecule has 2 heterocycles. The topological polar surface area (TPSA) is 32.8 Å². The molecule has 2 aliphatic heterocycles. The maximum atomic E-state index is 12.5. The van der Waals surface area contributed by atoms with Crippen LogP contribution in [-0.4, -0.2) is 61.1 Å². The zero-order valence-electron chi connectivity index (χ0n) is 13.4. The number of likely N-dealkylation sites (tertiary alicyclic amines) is 1. The van der Waals surface area contributed by atoms with Gasteiger partial charge in [-0.25, -0.2) is 0 Å². The van der Waals surface area contributed by atoms with Gasteiger partial charge in [0.05, 0.1) is 18.2 Å². The Labute approximate surface area is 128 Å². The van der Waals surface area contributed by atoms with Gasteiger partial charge in [0.2, 0.25) is 5.91 Å². The first-order valence-electron chi connectivity index (χ1n) is 8.39. The number of likely N-dealkylation sites (N-methyl/N-ethyl adjacent to an activating group) is 1. The fourth-order valence-electron chi connectivity index (χ4n) is 4.05. The summed E-state index contributed by atoms with van der Waals surface area (Å²) in [5, 5.41) is 0. The fourth-order valence-corrected chi connectivity index (χ4v) is 4.05. The molecular weight excluding hydrogens is 264 g/mol. The lowest BCUT2D eigenvalue weighted by Crippen LogP contribution is -2.46. The van der Waals surface area contributed by atoms with Crippen molar-refractivity contribution in [2.24, 2.45) is 0 Å². The minimum absolute atomic E-state index is 0.0618. The molecular formula is C17H28N2O2. The third kappa shape index (κ3) is 3.32. The Morgan fingerprint density at radius 3 is 3.00 bits per heavy atom. The van der Waals surface area contributed by atoms with Gasteiger partial charge in [0, 0.05) is 18.7 Å². The van der Waals surface area contributed by atoms with Crippen molar-refractivity contribution in [3.8, 4) is 0 Å². The standard InChI is InChI=1S/C17H28N2O2/c1-18(2)12-15-8-5-9-17(21-15)10-11-19(13-17)16(20)14-6-3-4-7-14/h6,15H,3-5,7-13H2,1-2H3/t15-,17-/m0/s1. The maximum absolute atomic E-state index is 12.5. The highest BCUT2D eigenvalue weighted by Crippen LogP contribution is 2.37. The Balaban J connectivity index is 1.61. The molecule has 2 atom stereocenters. The van der Waals surface area contributed by atoms with Gasteiger partial charge in [-0.1, -0.05) is 6.08 Å². The van der Waals surface area contributed by atoms with E-state index in [1.54, 1.807) is 0 Å². The minimum atomic E-state index is -0.0618. The van der Waals surface area contributed by atoms with E-state index in [-0.39, 0.29) is 11.5 Å². The van der Waals surface area contributed by atoms with E-state index < -0.39 is 0 Å². The van der Waals surface area contributed by atoms with E-state index in [9.17, 15) is 4.79 Å². The number of amides is 1. The van der Waals surface area contributed by atoms with Gasteiger partial charge in [0.15, 0.2) is 0 Å². The van der Waals surface area contributed by atoms with Crippen molar-refractivity contribution in [2.45, 2.75) is 56.7 Å². The molecule has 0 N–H and O–H groups in total. The summed E-state index contributed by atoms with van der Waals surface area (Å²) in [6.07, 6.45) is 10.1. The summed E-state index contributed by atoms with van der Waals surface area (Å²) < 4.78 is 6.43. The molecule has 118 valence electrons. The van der Waals surface area contributed by atoms with Gasteiger partial charge in [0.1, 0.15) is 0 Å². The first kappa shape index (κ1) is 15.0. The van der Waals surface area contributed by atoms with E-state index >= 15 is 0 Å². The first-order chi connectivity index (χ1) is 10.1. The monoisotopic (exact) mass is 292 g/mol. The average Bonchev–Trinajstić information content (AvgIpc) is 3.07. The Morgan fingerprint density at radius 2 is 2.29 bits per heavy atom. The van der Waals surface area contributed by atoms with E-state index in [2.05, 4.69) is 25.1 Å². The number of hydrogen-bond donors (Lipinski definition) is 0. The summed E-state index contributed by atoms with van der Waals surface area (Å²) in [5.41, 5.74) is 0.973. The van der Waals surface area contributed by atoms with Crippen LogP contribution in [0.25, 0.3) is 0 Å². The Kier molecular flexibility index (Phi) is 4.36. The van der Waals surface area contributed by atoms with E-state index in [4.69, 9.17) is 4.74 Å². The summed E-state index contributed by atoms with van der Waals surface area (Å²) in [7, 11) is 4.20. The van der Waals surface area contributed by atoms with E-state index in [1.807, 2.05) is 4.90 Å². The Bertz CT molecular complexity index is 433. The predicted octanol–water partition coefficient (Wildman–Crippen LogP) is 2.20.